The Morgan fingerprint density at radius 1 is 1.12 bits per heavy atom. The highest BCUT2D eigenvalue weighted by atomic mass is 16.5. The van der Waals surface area contributed by atoms with Gasteiger partial charge in [-0.1, -0.05) is 17.7 Å². The first-order valence-electron chi connectivity index (χ1n) is 9.82. The van der Waals surface area contributed by atoms with Gasteiger partial charge in [0.2, 0.25) is 5.91 Å². The summed E-state index contributed by atoms with van der Waals surface area (Å²) in [6, 6.07) is 7.74. The van der Waals surface area contributed by atoms with Crippen LogP contribution in [0.15, 0.2) is 24.3 Å². The molecule has 1 aromatic rings. The summed E-state index contributed by atoms with van der Waals surface area (Å²) in [6.45, 7) is 6.34. The summed E-state index contributed by atoms with van der Waals surface area (Å²) in [5.74, 6) is 0.221. The fraction of sp³-hybridized carbons (Fsp3) is 0.619. The van der Waals surface area contributed by atoms with E-state index in [0.29, 0.717) is 26.3 Å². The highest BCUT2D eigenvalue weighted by Gasteiger charge is 2.52. The average Bonchev–Trinajstić information content (AvgIpc) is 3.30. The normalized spacial score (nSPS) is 25.0. The maximum absolute atomic E-state index is 13.2. The van der Waals surface area contributed by atoms with Crippen LogP contribution >= 0.6 is 0 Å². The van der Waals surface area contributed by atoms with E-state index >= 15 is 0 Å². The van der Waals surface area contributed by atoms with Gasteiger partial charge in [0.25, 0.3) is 5.91 Å². The Kier molecular flexibility index (Phi) is 4.74. The molecule has 1 aromatic carbocycles. The third kappa shape index (κ3) is 3.13. The van der Waals surface area contributed by atoms with Crippen LogP contribution in [0.2, 0.25) is 0 Å². The number of ether oxygens (including phenoxy) is 1. The SMILES string of the molecule is Cc1cccc(C(=O)N2C[C@@H](C(=O)N3CCCC3)C3(CCOCC3)C2)c1. The molecule has 3 saturated heterocycles. The van der Waals surface area contributed by atoms with Crippen LogP contribution in [0.3, 0.4) is 0 Å². The smallest absolute Gasteiger partial charge is 0.253 e. The van der Waals surface area contributed by atoms with Crippen molar-refractivity contribution in [3.63, 3.8) is 0 Å². The molecule has 3 heterocycles. The molecule has 1 atom stereocenters. The first-order valence-corrected chi connectivity index (χ1v) is 9.82. The van der Waals surface area contributed by atoms with Crippen molar-refractivity contribution >= 4 is 11.8 Å². The first kappa shape index (κ1) is 17.5. The molecule has 2 amide bonds. The monoisotopic (exact) mass is 356 g/mol. The number of hydrogen-bond acceptors (Lipinski definition) is 3. The number of rotatable bonds is 2. The van der Waals surface area contributed by atoms with Crippen molar-refractivity contribution in [2.75, 3.05) is 39.4 Å². The lowest BCUT2D eigenvalue weighted by atomic mass is 9.71. The Balaban J connectivity index is 1.58. The molecule has 0 saturated carbocycles. The zero-order valence-electron chi connectivity index (χ0n) is 15.6. The molecule has 3 fully saturated rings. The van der Waals surface area contributed by atoms with Crippen LogP contribution in [0.25, 0.3) is 0 Å². The van der Waals surface area contributed by atoms with E-state index in [1.807, 2.05) is 41.0 Å². The van der Waals surface area contributed by atoms with E-state index in [0.717, 1.165) is 49.9 Å². The van der Waals surface area contributed by atoms with E-state index < -0.39 is 0 Å². The number of aryl methyl sites for hydroxylation is 1. The molecule has 3 aliphatic heterocycles. The van der Waals surface area contributed by atoms with Gasteiger partial charge in [-0.15, -0.1) is 0 Å². The molecular weight excluding hydrogens is 328 g/mol. The summed E-state index contributed by atoms with van der Waals surface area (Å²) in [6.07, 6.45) is 3.94. The fourth-order valence-electron chi connectivity index (χ4n) is 4.87. The second-order valence-corrected chi connectivity index (χ2v) is 8.11. The molecule has 0 aromatic heterocycles. The topological polar surface area (TPSA) is 49.9 Å². The van der Waals surface area contributed by atoms with Crippen LogP contribution in [-0.2, 0) is 9.53 Å². The number of amides is 2. The Morgan fingerprint density at radius 2 is 1.85 bits per heavy atom. The zero-order chi connectivity index (χ0) is 18.1. The number of nitrogens with zero attached hydrogens (tertiary/aromatic N) is 2. The van der Waals surface area contributed by atoms with Gasteiger partial charge in [-0.25, -0.2) is 0 Å². The fourth-order valence-corrected chi connectivity index (χ4v) is 4.87. The maximum atomic E-state index is 13.2. The highest BCUT2D eigenvalue weighted by Crippen LogP contribution is 2.45. The summed E-state index contributed by atoms with van der Waals surface area (Å²) in [7, 11) is 0. The zero-order valence-corrected chi connectivity index (χ0v) is 15.6. The van der Waals surface area contributed by atoms with E-state index in [1.165, 1.54) is 0 Å². The molecule has 0 radical (unpaired) electrons. The van der Waals surface area contributed by atoms with Gasteiger partial charge < -0.3 is 14.5 Å². The quantitative estimate of drug-likeness (QED) is 0.818. The van der Waals surface area contributed by atoms with Crippen LogP contribution < -0.4 is 0 Å². The van der Waals surface area contributed by atoms with Crippen LogP contribution in [0.5, 0.6) is 0 Å². The number of carbonyl (C=O) groups is 2. The summed E-state index contributed by atoms with van der Waals surface area (Å²) in [5, 5.41) is 0. The Hall–Kier alpha value is -1.88. The molecule has 3 aliphatic rings. The Bertz CT molecular complexity index is 690. The highest BCUT2D eigenvalue weighted by molar-refractivity contribution is 5.95. The van der Waals surface area contributed by atoms with Gasteiger partial charge in [-0.05, 0) is 44.7 Å². The van der Waals surface area contributed by atoms with Gasteiger partial charge >= 0.3 is 0 Å². The van der Waals surface area contributed by atoms with Gasteiger partial charge in [0.05, 0.1) is 5.92 Å². The number of carbonyl (C=O) groups excluding carboxylic acids is 2. The van der Waals surface area contributed by atoms with E-state index in [1.54, 1.807) is 0 Å². The lowest BCUT2D eigenvalue weighted by Crippen LogP contribution is -2.45. The van der Waals surface area contributed by atoms with Crippen LogP contribution in [0.4, 0.5) is 0 Å². The van der Waals surface area contributed by atoms with E-state index in [2.05, 4.69) is 0 Å². The van der Waals surface area contributed by atoms with Crippen molar-refractivity contribution in [2.24, 2.45) is 11.3 Å². The van der Waals surface area contributed by atoms with Gasteiger partial charge in [0, 0.05) is 50.4 Å². The minimum Gasteiger partial charge on any atom is -0.381 e. The predicted octanol–water partition coefficient (Wildman–Crippen LogP) is 2.49. The van der Waals surface area contributed by atoms with E-state index in [9.17, 15) is 9.59 Å². The second-order valence-electron chi connectivity index (χ2n) is 8.11. The molecule has 5 heteroatoms. The molecule has 0 N–H and O–H groups in total. The Morgan fingerprint density at radius 3 is 2.54 bits per heavy atom. The maximum Gasteiger partial charge on any atom is 0.253 e. The lowest BCUT2D eigenvalue weighted by molar-refractivity contribution is -0.139. The molecule has 0 aliphatic carbocycles. The van der Waals surface area contributed by atoms with Crippen molar-refractivity contribution in [1.29, 1.82) is 0 Å². The first-order chi connectivity index (χ1) is 12.6. The molecule has 26 heavy (non-hydrogen) atoms. The number of benzene rings is 1. The molecule has 5 nitrogen and oxygen atoms in total. The van der Waals surface area contributed by atoms with Gasteiger partial charge in [0.15, 0.2) is 0 Å². The lowest BCUT2D eigenvalue weighted by Gasteiger charge is -2.38. The molecule has 140 valence electrons. The molecule has 1 spiro atoms. The van der Waals surface area contributed by atoms with Crippen molar-refractivity contribution in [1.82, 2.24) is 9.80 Å². The summed E-state index contributed by atoms with van der Waals surface area (Å²) >= 11 is 0. The van der Waals surface area contributed by atoms with Crippen LogP contribution in [-0.4, -0.2) is 61.0 Å². The van der Waals surface area contributed by atoms with Gasteiger partial charge in [-0.2, -0.15) is 0 Å². The minimum absolute atomic E-state index is 0.0521. The molecular formula is C21H28N2O3. The molecule has 4 rings (SSSR count). The van der Waals surface area contributed by atoms with Crippen molar-refractivity contribution in [3.8, 4) is 0 Å². The largest absolute Gasteiger partial charge is 0.381 e. The Labute approximate surface area is 155 Å². The number of hydrogen-bond donors (Lipinski definition) is 0. The van der Waals surface area contributed by atoms with Crippen molar-refractivity contribution < 1.29 is 14.3 Å². The summed E-state index contributed by atoms with van der Waals surface area (Å²) in [5.41, 5.74) is 1.69. The molecule has 0 bridgehead atoms. The summed E-state index contributed by atoms with van der Waals surface area (Å²) in [4.78, 5) is 30.2. The van der Waals surface area contributed by atoms with Crippen LogP contribution in [0.1, 0.15) is 41.6 Å². The average molecular weight is 356 g/mol. The van der Waals surface area contributed by atoms with Crippen molar-refractivity contribution in [2.45, 2.75) is 32.6 Å². The standard InChI is InChI=1S/C21H28N2O3/c1-16-5-4-6-17(13-16)19(24)23-14-18(20(25)22-9-2-3-10-22)21(15-23)7-11-26-12-8-21/h4-6,13,18H,2-3,7-12,14-15H2,1H3/t18-/m0/s1. The molecule has 0 unspecified atom stereocenters. The third-order valence-electron chi connectivity index (χ3n) is 6.40. The van der Waals surface area contributed by atoms with E-state index in [4.69, 9.17) is 4.74 Å². The predicted molar refractivity (Wildman–Crippen MR) is 98.9 cm³/mol. The van der Waals surface area contributed by atoms with Crippen molar-refractivity contribution in [3.05, 3.63) is 35.4 Å². The van der Waals surface area contributed by atoms with E-state index in [-0.39, 0.29) is 23.1 Å². The second kappa shape index (κ2) is 7.03. The number of likely N-dealkylation sites (tertiary alicyclic amines) is 2. The summed E-state index contributed by atoms with van der Waals surface area (Å²) < 4.78 is 5.58. The van der Waals surface area contributed by atoms with Crippen LogP contribution in [0, 0.1) is 18.3 Å². The minimum atomic E-state index is -0.114. The van der Waals surface area contributed by atoms with Gasteiger partial charge in [-0.3, -0.25) is 9.59 Å². The third-order valence-corrected chi connectivity index (χ3v) is 6.40. The van der Waals surface area contributed by atoms with Gasteiger partial charge in [0.1, 0.15) is 0 Å².